The smallest absolute Gasteiger partial charge is 0.416 e. The first-order valence-electron chi connectivity index (χ1n) is 9.97. The summed E-state index contributed by atoms with van der Waals surface area (Å²) in [6, 6.07) is 15.2. The zero-order valence-corrected chi connectivity index (χ0v) is 18.4. The lowest BCUT2D eigenvalue weighted by Gasteiger charge is -2.10. The fourth-order valence-electron chi connectivity index (χ4n) is 3.04. The Labute approximate surface area is 191 Å². The van der Waals surface area contributed by atoms with Crippen molar-refractivity contribution in [3.8, 4) is 23.1 Å². The van der Waals surface area contributed by atoms with Gasteiger partial charge in [-0.15, -0.1) is 16.4 Å². The number of alkyl halides is 3. The van der Waals surface area contributed by atoms with E-state index < -0.39 is 11.7 Å². The number of carbonyl (C=O) groups is 1. The van der Waals surface area contributed by atoms with Crippen molar-refractivity contribution in [3.05, 3.63) is 76.5 Å². The van der Waals surface area contributed by atoms with Gasteiger partial charge >= 0.3 is 12.2 Å². The Balaban J connectivity index is 1.68. The third-order valence-corrected chi connectivity index (χ3v) is 5.36. The zero-order valence-electron chi connectivity index (χ0n) is 17.6. The minimum Gasteiger partial charge on any atom is -0.460 e. The molecule has 33 heavy (non-hydrogen) atoms. The van der Waals surface area contributed by atoms with Crippen molar-refractivity contribution >= 4 is 22.9 Å². The summed E-state index contributed by atoms with van der Waals surface area (Å²) in [5, 5.41) is 8.95. The monoisotopic (exact) mass is 472 g/mol. The second kappa shape index (κ2) is 9.07. The third kappa shape index (κ3) is 5.23. The van der Waals surface area contributed by atoms with E-state index in [1.165, 1.54) is 28.2 Å². The highest BCUT2D eigenvalue weighted by atomic mass is 32.1. The molecule has 6 nitrogen and oxygen atoms in total. The van der Waals surface area contributed by atoms with Gasteiger partial charge in [-0.05, 0) is 61.7 Å². The van der Waals surface area contributed by atoms with Crippen molar-refractivity contribution in [2.24, 2.45) is 0 Å². The molecule has 0 unspecified atom stereocenters. The molecule has 170 valence electrons. The minimum atomic E-state index is -4.49. The number of aromatic nitrogens is 3. The lowest BCUT2D eigenvalue weighted by atomic mass is 10.1. The largest absolute Gasteiger partial charge is 0.460 e. The van der Waals surface area contributed by atoms with E-state index in [1.807, 2.05) is 5.38 Å². The van der Waals surface area contributed by atoms with Crippen LogP contribution >= 0.6 is 11.3 Å². The van der Waals surface area contributed by atoms with Crippen LogP contribution < -0.4 is 10.1 Å². The van der Waals surface area contributed by atoms with Gasteiger partial charge in [0.05, 0.1) is 22.2 Å². The van der Waals surface area contributed by atoms with E-state index in [1.54, 1.807) is 50.2 Å². The number of amides is 1. The molecule has 2 heterocycles. The summed E-state index contributed by atoms with van der Waals surface area (Å²) in [4.78, 5) is 17.2. The number of ether oxygens (including phenoxy) is 1. The molecule has 1 N–H and O–H groups in total. The first kappa shape index (κ1) is 22.5. The molecule has 0 saturated carbocycles. The highest BCUT2D eigenvalue weighted by Gasteiger charge is 2.31. The highest BCUT2D eigenvalue weighted by molar-refractivity contribution is 7.12. The van der Waals surface area contributed by atoms with Crippen LogP contribution in [0.3, 0.4) is 0 Å². The Kier molecular flexibility index (Phi) is 6.19. The van der Waals surface area contributed by atoms with Crippen LogP contribution in [-0.4, -0.2) is 26.8 Å². The second-order valence-electron chi connectivity index (χ2n) is 7.35. The number of hydrogen-bond acceptors (Lipinski definition) is 5. The SMILES string of the molecule is CC(C)Oc1nc(-c2cccc(C(F)(F)F)c2)n(-c2ccc(NC(=O)c3cccs3)cc2)n1. The molecule has 0 aliphatic rings. The second-order valence-corrected chi connectivity index (χ2v) is 8.30. The Morgan fingerprint density at radius 2 is 1.85 bits per heavy atom. The molecule has 0 saturated heterocycles. The molecule has 4 rings (SSSR count). The van der Waals surface area contributed by atoms with E-state index >= 15 is 0 Å². The van der Waals surface area contributed by atoms with Gasteiger partial charge < -0.3 is 10.1 Å². The Bertz CT molecular complexity index is 1250. The van der Waals surface area contributed by atoms with Gasteiger partial charge in [0.25, 0.3) is 5.91 Å². The molecular formula is C23H19F3N4O2S. The molecule has 0 aliphatic heterocycles. The van der Waals surface area contributed by atoms with Crippen LogP contribution in [0.2, 0.25) is 0 Å². The van der Waals surface area contributed by atoms with Crippen molar-refractivity contribution in [3.63, 3.8) is 0 Å². The fourth-order valence-corrected chi connectivity index (χ4v) is 3.66. The standard InChI is InChI=1S/C23H19F3N4O2S/c1-14(2)32-22-28-20(15-5-3-6-16(13-15)23(24,25)26)30(29-22)18-10-8-17(9-11-18)27-21(31)19-7-4-12-33-19/h3-14H,1-2H3,(H,27,31). The normalized spacial score (nSPS) is 11.6. The first-order valence-corrected chi connectivity index (χ1v) is 10.9. The summed E-state index contributed by atoms with van der Waals surface area (Å²) < 4.78 is 46.7. The van der Waals surface area contributed by atoms with Gasteiger partial charge in [-0.3, -0.25) is 4.79 Å². The van der Waals surface area contributed by atoms with E-state index in [2.05, 4.69) is 15.4 Å². The van der Waals surface area contributed by atoms with Gasteiger partial charge in [0.15, 0.2) is 5.82 Å². The maximum absolute atomic E-state index is 13.2. The number of hydrogen-bond donors (Lipinski definition) is 1. The number of carbonyl (C=O) groups excluding carboxylic acids is 1. The van der Waals surface area contributed by atoms with Crippen molar-refractivity contribution in [1.82, 2.24) is 14.8 Å². The van der Waals surface area contributed by atoms with E-state index in [0.29, 0.717) is 16.3 Å². The van der Waals surface area contributed by atoms with Gasteiger partial charge in [-0.1, -0.05) is 18.2 Å². The molecule has 0 fully saturated rings. The zero-order chi connectivity index (χ0) is 23.6. The number of anilines is 1. The number of nitrogens with one attached hydrogen (secondary N) is 1. The minimum absolute atomic E-state index is 0.0486. The van der Waals surface area contributed by atoms with Crippen molar-refractivity contribution in [1.29, 1.82) is 0 Å². The van der Waals surface area contributed by atoms with Crippen LogP contribution in [0.25, 0.3) is 17.1 Å². The van der Waals surface area contributed by atoms with Gasteiger partial charge in [0.2, 0.25) is 0 Å². The van der Waals surface area contributed by atoms with E-state index in [0.717, 1.165) is 12.1 Å². The number of halogens is 3. The Morgan fingerprint density at radius 1 is 1.09 bits per heavy atom. The summed E-state index contributed by atoms with van der Waals surface area (Å²) in [5.41, 5.74) is 0.567. The maximum Gasteiger partial charge on any atom is 0.416 e. The predicted octanol–water partition coefficient (Wildman–Crippen LogP) is 6.05. The predicted molar refractivity (Wildman–Crippen MR) is 120 cm³/mol. The summed E-state index contributed by atoms with van der Waals surface area (Å²) in [7, 11) is 0. The van der Waals surface area contributed by atoms with Gasteiger partial charge in [-0.25, -0.2) is 4.68 Å². The molecule has 1 amide bonds. The molecule has 4 aromatic rings. The number of nitrogens with zero attached hydrogens (tertiary/aromatic N) is 3. The lowest BCUT2D eigenvalue weighted by Crippen LogP contribution is -2.10. The lowest BCUT2D eigenvalue weighted by molar-refractivity contribution is -0.137. The summed E-state index contributed by atoms with van der Waals surface area (Å²) in [5.74, 6) is -0.0251. The van der Waals surface area contributed by atoms with Gasteiger partial charge in [-0.2, -0.15) is 18.2 Å². The molecule has 0 radical (unpaired) electrons. The van der Waals surface area contributed by atoms with Gasteiger partial charge in [0.1, 0.15) is 0 Å². The number of benzene rings is 2. The Hall–Kier alpha value is -3.66. The van der Waals surface area contributed by atoms with Crippen LogP contribution in [-0.2, 0) is 6.18 Å². The van der Waals surface area contributed by atoms with Crippen LogP contribution in [0.1, 0.15) is 29.1 Å². The van der Waals surface area contributed by atoms with E-state index in [-0.39, 0.29) is 29.4 Å². The van der Waals surface area contributed by atoms with Crippen molar-refractivity contribution in [2.45, 2.75) is 26.1 Å². The summed E-state index contributed by atoms with van der Waals surface area (Å²) in [6.07, 6.45) is -4.70. The highest BCUT2D eigenvalue weighted by Crippen LogP contribution is 2.33. The fraction of sp³-hybridized carbons (Fsp3) is 0.174. The summed E-state index contributed by atoms with van der Waals surface area (Å²) >= 11 is 1.33. The Morgan fingerprint density at radius 3 is 2.48 bits per heavy atom. The number of rotatable bonds is 6. The topological polar surface area (TPSA) is 69.0 Å². The molecule has 0 bridgehead atoms. The molecular weight excluding hydrogens is 453 g/mol. The third-order valence-electron chi connectivity index (χ3n) is 4.49. The molecule has 0 spiro atoms. The molecule has 10 heteroatoms. The van der Waals surface area contributed by atoms with Gasteiger partial charge in [0, 0.05) is 11.3 Å². The quantitative estimate of drug-likeness (QED) is 0.371. The van der Waals surface area contributed by atoms with Crippen LogP contribution in [0.4, 0.5) is 18.9 Å². The van der Waals surface area contributed by atoms with E-state index in [9.17, 15) is 18.0 Å². The molecule has 0 atom stereocenters. The van der Waals surface area contributed by atoms with E-state index in [4.69, 9.17) is 4.74 Å². The molecule has 2 aromatic heterocycles. The molecule has 2 aromatic carbocycles. The maximum atomic E-state index is 13.2. The first-order chi connectivity index (χ1) is 15.7. The summed E-state index contributed by atoms with van der Waals surface area (Å²) in [6.45, 7) is 3.60. The van der Waals surface area contributed by atoms with Crippen LogP contribution in [0.15, 0.2) is 66.0 Å². The van der Waals surface area contributed by atoms with Crippen molar-refractivity contribution in [2.75, 3.05) is 5.32 Å². The average Bonchev–Trinajstić information content (AvgIpc) is 3.44. The van der Waals surface area contributed by atoms with Crippen LogP contribution in [0, 0.1) is 0 Å². The van der Waals surface area contributed by atoms with Crippen molar-refractivity contribution < 1.29 is 22.7 Å². The molecule has 0 aliphatic carbocycles. The average molecular weight is 472 g/mol. The number of thiophene rings is 1. The van der Waals surface area contributed by atoms with Crippen LogP contribution in [0.5, 0.6) is 6.01 Å².